The van der Waals surface area contributed by atoms with Crippen LogP contribution in [0.5, 0.6) is 34.5 Å². The number of ether oxygens (including phenoxy) is 4. The first-order valence-electron chi connectivity index (χ1n) is 16.5. The van der Waals surface area contributed by atoms with Crippen LogP contribution in [-0.4, -0.2) is 136 Å². The van der Waals surface area contributed by atoms with Crippen LogP contribution < -0.4 is 10.2 Å². The van der Waals surface area contributed by atoms with Crippen molar-refractivity contribution < 1.29 is 89.4 Å². The standard InChI is InChI=1S/C36H36O19/c37-11-23-29(46)32(49)35(55-25(44)6-2-13-1-5-20(17(41)7-13)53-36-33(50)31(48)28(45)24(12-38)54-36)34(52-23)27-19(43)10-22-26(30(27)47)18(42)9-21(51-22)14-3-4-15(39)16(40)8-14/h1-10,23-24,28-29,31-41,43,45-50H,11-12H2. The number of hydrogen-bond acceptors (Lipinski definition) is 19. The topological polar surface area (TPSA) is 327 Å². The number of aliphatic hydroxyl groups excluding tert-OH is 7. The fourth-order valence-corrected chi connectivity index (χ4v) is 6.22. The molecule has 2 aliphatic heterocycles. The van der Waals surface area contributed by atoms with E-state index in [2.05, 4.69) is 0 Å². The van der Waals surface area contributed by atoms with Crippen LogP contribution in [-0.2, 0) is 19.0 Å². The molecule has 1 aromatic heterocycles. The van der Waals surface area contributed by atoms with Gasteiger partial charge in [0.15, 0.2) is 34.5 Å². The van der Waals surface area contributed by atoms with E-state index in [1.165, 1.54) is 18.2 Å². The second kappa shape index (κ2) is 15.7. The molecule has 10 unspecified atom stereocenters. The largest absolute Gasteiger partial charge is 0.507 e. The molecule has 3 aromatic carbocycles. The molecule has 0 spiro atoms. The molecule has 12 N–H and O–H groups in total. The fraction of sp³-hybridized carbons (Fsp3) is 0.333. The number of aliphatic hydroxyl groups is 7. The number of aromatic hydroxyl groups is 5. The molecule has 19 nitrogen and oxygen atoms in total. The van der Waals surface area contributed by atoms with Crippen molar-refractivity contribution in [3.8, 4) is 45.8 Å². The number of rotatable bonds is 9. The molecule has 2 aliphatic rings. The van der Waals surface area contributed by atoms with Crippen LogP contribution >= 0.6 is 0 Å². The number of fused-ring (bicyclic) bond motifs is 1. The van der Waals surface area contributed by atoms with E-state index < -0.39 is 126 Å². The molecule has 0 bridgehead atoms. The Bertz CT molecular complexity index is 2150. The average molecular weight is 773 g/mol. The Labute approximate surface area is 308 Å². The summed E-state index contributed by atoms with van der Waals surface area (Å²) in [6, 6.07) is 9.14. The van der Waals surface area contributed by atoms with Crippen LogP contribution in [0.4, 0.5) is 0 Å². The average Bonchev–Trinajstić information content (AvgIpc) is 3.15. The van der Waals surface area contributed by atoms with Gasteiger partial charge in [0.1, 0.15) is 77.1 Å². The number of hydrogen-bond donors (Lipinski definition) is 12. The maximum Gasteiger partial charge on any atom is 0.331 e. The van der Waals surface area contributed by atoms with Crippen molar-refractivity contribution >= 4 is 23.0 Å². The summed E-state index contributed by atoms with van der Waals surface area (Å²) in [5.74, 6) is -4.70. The summed E-state index contributed by atoms with van der Waals surface area (Å²) in [7, 11) is 0. The third-order valence-electron chi connectivity index (χ3n) is 9.16. The van der Waals surface area contributed by atoms with Crippen molar-refractivity contribution in [1.29, 1.82) is 0 Å². The maximum absolute atomic E-state index is 13.3. The van der Waals surface area contributed by atoms with E-state index in [-0.39, 0.29) is 28.2 Å². The monoisotopic (exact) mass is 772 g/mol. The molecule has 10 atom stereocenters. The zero-order chi connectivity index (χ0) is 39.9. The summed E-state index contributed by atoms with van der Waals surface area (Å²) in [5, 5.41) is 123. The number of benzene rings is 3. The third-order valence-corrected chi connectivity index (χ3v) is 9.16. The molecule has 4 aromatic rings. The van der Waals surface area contributed by atoms with E-state index in [4.69, 9.17) is 23.4 Å². The van der Waals surface area contributed by atoms with Crippen LogP contribution in [0.1, 0.15) is 17.2 Å². The Balaban J connectivity index is 1.25. The number of esters is 1. The quantitative estimate of drug-likeness (QED) is 0.0548. The van der Waals surface area contributed by atoms with Crippen molar-refractivity contribution in [1.82, 2.24) is 0 Å². The first kappa shape index (κ1) is 39.2. The maximum atomic E-state index is 13.3. The van der Waals surface area contributed by atoms with E-state index in [0.717, 1.165) is 42.5 Å². The molecule has 6 rings (SSSR count). The summed E-state index contributed by atoms with van der Waals surface area (Å²) < 4.78 is 27.5. The summed E-state index contributed by atoms with van der Waals surface area (Å²) in [5.41, 5.74) is -1.42. The lowest BCUT2D eigenvalue weighted by molar-refractivity contribution is -0.277. The molecule has 2 saturated heterocycles. The number of phenols is 5. The highest BCUT2D eigenvalue weighted by Gasteiger charge is 2.49. The van der Waals surface area contributed by atoms with Gasteiger partial charge in [0.05, 0.1) is 18.8 Å². The van der Waals surface area contributed by atoms with Gasteiger partial charge in [-0.1, -0.05) is 6.07 Å². The van der Waals surface area contributed by atoms with Crippen molar-refractivity contribution in [3.05, 3.63) is 76.0 Å². The van der Waals surface area contributed by atoms with E-state index in [1.54, 1.807) is 0 Å². The van der Waals surface area contributed by atoms with Gasteiger partial charge in [-0.3, -0.25) is 4.79 Å². The summed E-state index contributed by atoms with van der Waals surface area (Å²) >= 11 is 0. The second-order valence-electron chi connectivity index (χ2n) is 12.7. The van der Waals surface area contributed by atoms with Gasteiger partial charge in [-0.05, 0) is 42.0 Å². The zero-order valence-corrected chi connectivity index (χ0v) is 28.2. The second-order valence-corrected chi connectivity index (χ2v) is 12.7. The first-order chi connectivity index (χ1) is 26.1. The van der Waals surface area contributed by atoms with Crippen LogP contribution in [0.15, 0.2) is 63.8 Å². The lowest BCUT2D eigenvalue weighted by Crippen LogP contribution is -2.60. The Kier molecular flexibility index (Phi) is 11.2. The molecule has 294 valence electrons. The van der Waals surface area contributed by atoms with Gasteiger partial charge in [-0.15, -0.1) is 0 Å². The molecule has 2 fully saturated rings. The first-order valence-corrected chi connectivity index (χ1v) is 16.5. The van der Waals surface area contributed by atoms with Gasteiger partial charge in [0, 0.05) is 23.8 Å². The molecule has 19 heteroatoms. The van der Waals surface area contributed by atoms with Gasteiger partial charge in [-0.2, -0.15) is 0 Å². The van der Waals surface area contributed by atoms with E-state index in [1.807, 2.05) is 0 Å². The lowest BCUT2D eigenvalue weighted by atomic mass is 9.89. The zero-order valence-electron chi connectivity index (χ0n) is 28.2. The number of carbonyl (C=O) groups excluding carboxylic acids is 1. The molecule has 3 heterocycles. The molecule has 0 radical (unpaired) electrons. The summed E-state index contributed by atoms with van der Waals surface area (Å²) in [6.45, 7) is -1.57. The van der Waals surface area contributed by atoms with Gasteiger partial charge in [0.2, 0.25) is 6.29 Å². The predicted octanol–water partition coefficient (Wildman–Crippen LogP) is -1.05. The Morgan fingerprint density at radius 1 is 0.727 bits per heavy atom. The van der Waals surface area contributed by atoms with Gasteiger partial charge in [0.25, 0.3) is 0 Å². The highest BCUT2D eigenvalue weighted by atomic mass is 16.7. The normalized spacial score (nSPS) is 28.3. The number of phenolic OH excluding ortho intramolecular Hbond substituents is 5. The van der Waals surface area contributed by atoms with Crippen LogP contribution in [0.2, 0.25) is 0 Å². The van der Waals surface area contributed by atoms with E-state index in [9.17, 15) is 70.9 Å². The minimum atomic E-state index is -1.98. The predicted molar refractivity (Wildman–Crippen MR) is 183 cm³/mol. The van der Waals surface area contributed by atoms with Crippen molar-refractivity contribution in [2.24, 2.45) is 0 Å². The third kappa shape index (κ3) is 7.60. The molecule has 0 saturated carbocycles. The highest BCUT2D eigenvalue weighted by molar-refractivity contribution is 5.89. The fourth-order valence-electron chi connectivity index (χ4n) is 6.22. The van der Waals surface area contributed by atoms with Gasteiger partial charge in [-0.25, -0.2) is 4.79 Å². The minimum Gasteiger partial charge on any atom is -0.507 e. The lowest BCUT2D eigenvalue weighted by Gasteiger charge is -2.42. The molecule has 55 heavy (non-hydrogen) atoms. The van der Waals surface area contributed by atoms with Crippen LogP contribution in [0, 0.1) is 0 Å². The van der Waals surface area contributed by atoms with Gasteiger partial charge < -0.3 is 84.6 Å². The van der Waals surface area contributed by atoms with E-state index in [0.29, 0.717) is 0 Å². The number of carbonyl (C=O) groups is 1. The Hall–Kier alpha value is -5.48. The Morgan fingerprint density at radius 3 is 2.09 bits per heavy atom. The van der Waals surface area contributed by atoms with Crippen LogP contribution in [0.25, 0.3) is 28.4 Å². The summed E-state index contributed by atoms with van der Waals surface area (Å²) in [4.78, 5) is 26.3. The van der Waals surface area contributed by atoms with Crippen molar-refractivity contribution in [2.45, 2.75) is 61.2 Å². The van der Waals surface area contributed by atoms with Crippen molar-refractivity contribution in [2.75, 3.05) is 13.2 Å². The minimum absolute atomic E-state index is 0.116. The highest BCUT2D eigenvalue weighted by Crippen LogP contribution is 2.46. The smallest absolute Gasteiger partial charge is 0.331 e. The van der Waals surface area contributed by atoms with Gasteiger partial charge >= 0.3 is 5.97 Å². The van der Waals surface area contributed by atoms with E-state index >= 15 is 0 Å². The molecule has 0 amide bonds. The molecular formula is C36H36O19. The van der Waals surface area contributed by atoms with Crippen LogP contribution in [0.3, 0.4) is 0 Å². The van der Waals surface area contributed by atoms with Crippen molar-refractivity contribution in [3.63, 3.8) is 0 Å². The SMILES string of the molecule is O=C(C=Cc1ccc(OC2OC(CO)C(O)C(O)C2O)c(O)c1)OC1C(c2c(O)cc3oc(-c4ccc(O)c(O)c4)cc(=O)c3c2O)OC(CO)C(O)C1O. The molecule has 0 aliphatic carbocycles. The summed E-state index contributed by atoms with van der Waals surface area (Å²) in [6.07, 6.45) is -15.0. The molecular weight excluding hydrogens is 736 g/mol. The Morgan fingerprint density at radius 2 is 1.42 bits per heavy atom.